The van der Waals surface area contributed by atoms with E-state index in [-0.39, 0.29) is 53.4 Å². The zero-order valence-electron chi connectivity index (χ0n) is 34.1. The lowest BCUT2D eigenvalue weighted by Gasteiger charge is -2.40. The van der Waals surface area contributed by atoms with Crippen LogP contribution >= 0.6 is 0 Å². The Labute approximate surface area is 327 Å². The van der Waals surface area contributed by atoms with Crippen molar-refractivity contribution in [3.8, 4) is 23.0 Å². The average Bonchev–Trinajstić information content (AvgIpc) is 3.68. The van der Waals surface area contributed by atoms with Gasteiger partial charge in [0.05, 0.1) is 74.7 Å². The zero-order chi connectivity index (χ0) is 39.8. The number of hydrogen-bond acceptors (Lipinski definition) is 9. The summed E-state index contributed by atoms with van der Waals surface area (Å²) in [6.07, 6.45) is 6.73. The van der Waals surface area contributed by atoms with E-state index in [1.54, 1.807) is 26.4 Å². The fourth-order valence-electron chi connectivity index (χ4n) is 8.28. The highest BCUT2D eigenvalue weighted by atomic mass is 16.5. The summed E-state index contributed by atoms with van der Waals surface area (Å²) in [4.78, 5) is 37.9. The largest absolute Gasteiger partial charge is 0.493 e. The van der Waals surface area contributed by atoms with Crippen molar-refractivity contribution in [2.24, 2.45) is 15.8 Å². The standard InChI is InChI=1S/C44H60N4O7/c1-11-29(4)48-34-21-40(38(53-10)19-32(34)42(51)47-24-28(3)17-35(47)36(48)25-49)54-15-14-43(5,6)12-13-44(7,8)26-55-39-20-33-31(18-37(39)52-9)41(50)46-23-27(2)16-30(46)22-45-33/h18-22,29-30,35-36,49H,2-3,11-17,23-26H2,1,4-10H3/t29?,30?,35-,36-/m0/s1. The van der Waals surface area contributed by atoms with Crippen molar-refractivity contribution in [3.63, 3.8) is 0 Å². The summed E-state index contributed by atoms with van der Waals surface area (Å²) < 4.78 is 24.3. The van der Waals surface area contributed by atoms with Crippen LogP contribution in [0.3, 0.4) is 0 Å². The summed E-state index contributed by atoms with van der Waals surface area (Å²) in [6, 6.07) is 6.89. The molecule has 2 unspecified atom stereocenters. The van der Waals surface area contributed by atoms with Gasteiger partial charge in [-0.2, -0.15) is 0 Å². The van der Waals surface area contributed by atoms with Gasteiger partial charge in [0.2, 0.25) is 0 Å². The molecule has 11 heteroatoms. The van der Waals surface area contributed by atoms with E-state index in [2.05, 4.69) is 64.6 Å². The summed E-state index contributed by atoms with van der Waals surface area (Å²) in [6.45, 7) is 23.3. The van der Waals surface area contributed by atoms with E-state index in [4.69, 9.17) is 18.9 Å². The molecule has 4 heterocycles. The molecule has 0 radical (unpaired) electrons. The maximum Gasteiger partial charge on any atom is 0.257 e. The van der Waals surface area contributed by atoms with Crippen molar-refractivity contribution in [2.75, 3.05) is 52.0 Å². The van der Waals surface area contributed by atoms with Gasteiger partial charge in [0.15, 0.2) is 23.0 Å². The number of amides is 2. The monoisotopic (exact) mass is 756 g/mol. The zero-order valence-corrected chi connectivity index (χ0v) is 34.1. The fraction of sp³-hybridized carbons (Fsp3) is 0.568. The van der Waals surface area contributed by atoms with Gasteiger partial charge < -0.3 is 38.8 Å². The Kier molecular flexibility index (Phi) is 11.6. The van der Waals surface area contributed by atoms with Crippen molar-refractivity contribution in [2.45, 2.75) is 104 Å². The predicted octanol–water partition coefficient (Wildman–Crippen LogP) is 7.62. The Bertz CT molecular complexity index is 1850. The number of aliphatic imine (C=N–C) groups is 1. The van der Waals surface area contributed by atoms with Crippen LogP contribution < -0.4 is 23.8 Å². The molecule has 0 saturated carbocycles. The average molecular weight is 757 g/mol. The lowest BCUT2D eigenvalue weighted by atomic mass is 9.78. The van der Waals surface area contributed by atoms with E-state index < -0.39 is 0 Å². The van der Waals surface area contributed by atoms with E-state index in [1.165, 1.54) is 0 Å². The van der Waals surface area contributed by atoms with Gasteiger partial charge in [0.1, 0.15) is 0 Å². The van der Waals surface area contributed by atoms with Gasteiger partial charge in [0.25, 0.3) is 11.8 Å². The van der Waals surface area contributed by atoms with E-state index in [1.807, 2.05) is 28.1 Å². The summed E-state index contributed by atoms with van der Waals surface area (Å²) >= 11 is 0. The number of fused-ring (bicyclic) bond motifs is 4. The topological polar surface area (TPSA) is 113 Å². The molecule has 0 aliphatic carbocycles. The maximum atomic E-state index is 14.0. The minimum Gasteiger partial charge on any atom is -0.493 e. The Hall–Kier alpha value is -4.51. The lowest BCUT2D eigenvalue weighted by molar-refractivity contribution is 0.0704. The molecule has 2 saturated heterocycles. The third-order valence-corrected chi connectivity index (χ3v) is 12.0. The minimum atomic E-state index is -0.262. The SMILES string of the molecule is C=C1CC2C=Nc3cc(OCC(C)(C)CCC(C)(C)CCOc4cc5c(cc4OC)C(=O)N4CC(=C)C[C@H]4[C@H](CO)N5C(C)CC)c(OC)cc3C(=O)N2C1. The Balaban J connectivity index is 1.10. The van der Waals surface area contributed by atoms with Gasteiger partial charge in [0, 0.05) is 37.5 Å². The molecule has 4 atom stereocenters. The fourth-order valence-corrected chi connectivity index (χ4v) is 8.28. The number of ether oxygens (including phenoxy) is 4. The van der Waals surface area contributed by atoms with Crippen LogP contribution in [-0.4, -0.2) is 104 Å². The molecule has 4 aliphatic rings. The molecule has 0 spiro atoms. The van der Waals surface area contributed by atoms with Crippen LogP contribution in [-0.2, 0) is 0 Å². The number of carbonyl (C=O) groups is 2. The van der Waals surface area contributed by atoms with E-state index >= 15 is 0 Å². The number of methoxy groups -OCH3 is 2. The number of benzene rings is 2. The minimum absolute atomic E-state index is 0.0421. The lowest BCUT2D eigenvalue weighted by Crippen LogP contribution is -2.53. The van der Waals surface area contributed by atoms with Gasteiger partial charge in [-0.15, -0.1) is 0 Å². The van der Waals surface area contributed by atoms with Gasteiger partial charge in [-0.1, -0.05) is 58.9 Å². The molecule has 2 aromatic carbocycles. The third kappa shape index (κ3) is 8.23. The predicted molar refractivity (Wildman–Crippen MR) is 217 cm³/mol. The summed E-state index contributed by atoms with van der Waals surface area (Å²) in [5, 5.41) is 10.7. The van der Waals surface area contributed by atoms with Crippen LogP contribution in [0.1, 0.15) is 101 Å². The number of aliphatic hydroxyl groups excluding tert-OH is 1. The second-order valence-corrected chi connectivity index (χ2v) is 17.4. The second-order valence-electron chi connectivity index (χ2n) is 17.4. The molecule has 11 nitrogen and oxygen atoms in total. The van der Waals surface area contributed by atoms with Crippen LogP contribution in [0.4, 0.5) is 11.4 Å². The Morgan fingerprint density at radius 1 is 0.836 bits per heavy atom. The summed E-state index contributed by atoms with van der Waals surface area (Å²) in [7, 11) is 3.19. The molecule has 55 heavy (non-hydrogen) atoms. The van der Waals surface area contributed by atoms with Gasteiger partial charge in [-0.25, -0.2) is 0 Å². The van der Waals surface area contributed by atoms with E-state index in [9.17, 15) is 14.7 Å². The van der Waals surface area contributed by atoms with Gasteiger partial charge >= 0.3 is 0 Å². The van der Waals surface area contributed by atoms with Crippen LogP contribution in [0.2, 0.25) is 0 Å². The molecule has 6 rings (SSSR count). The second kappa shape index (κ2) is 15.9. The Morgan fingerprint density at radius 3 is 2.13 bits per heavy atom. The number of rotatable bonds is 15. The number of carbonyl (C=O) groups excluding carboxylic acids is 2. The van der Waals surface area contributed by atoms with Crippen molar-refractivity contribution in [1.29, 1.82) is 0 Å². The molecule has 1 N–H and O–H groups in total. The number of nitrogens with zero attached hydrogens (tertiary/aromatic N) is 4. The molecular formula is C44H60N4O7. The van der Waals surface area contributed by atoms with Crippen LogP contribution in [0, 0.1) is 10.8 Å². The first-order chi connectivity index (χ1) is 26.1. The smallest absolute Gasteiger partial charge is 0.257 e. The quantitative estimate of drug-likeness (QED) is 0.185. The summed E-state index contributed by atoms with van der Waals surface area (Å²) in [5.41, 5.74) is 4.25. The molecule has 0 bridgehead atoms. The first-order valence-corrected chi connectivity index (χ1v) is 19.7. The highest BCUT2D eigenvalue weighted by Crippen LogP contribution is 2.44. The highest BCUT2D eigenvalue weighted by Gasteiger charge is 2.45. The van der Waals surface area contributed by atoms with Crippen LogP contribution in [0.25, 0.3) is 0 Å². The first-order valence-electron chi connectivity index (χ1n) is 19.7. The molecule has 2 amide bonds. The number of aliphatic hydroxyl groups is 1. The number of hydrogen-bond donors (Lipinski definition) is 1. The molecular weight excluding hydrogens is 697 g/mol. The van der Waals surface area contributed by atoms with Crippen LogP contribution in [0.15, 0.2) is 53.6 Å². The first kappa shape index (κ1) is 40.2. The van der Waals surface area contributed by atoms with Gasteiger partial charge in [-0.05, 0) is 68.4 Å². The maximum absolute atomic E-state index is 14.0. The molecule has 2 fully saturated rings. The van der Waals surface area contributed by atoms with Crippen molar-refractivity contribution < 1.29 is 33.6 Å². The van der Waals surface area contributed by atoms with Crippen molar-refractivity contribution in [3.05, 3.63) is 59.7 Å². The van der Waals surface area contributed by atoms with Crippen molar-refractivity contribution >= 4 is 29.4 Å². The van der Waals surface area contributed by atoms with E-state index in [0.29, 0.717) is 72.5 Å². The Morgan fingerprint density at radius 2 is 1.45 bits per heavy atom. The van der Waals surface area contributed by atoms with Crippen LogP contribution in [0.5, 0.6) is 23.0 Å². The van der Waals surface area contributed by atoms with Crippen molar-refractivity contribution in [1.82, 2.24) is 9.80 Å². The summed E-state index contributed by atoms with van der Waals surface area (Å²) in [5.74, 6) is 2.03. The number of anilines is 1. The van der Waals surface area contributed by atoms with E-state index in [0.717, 1.165) is 48.9 Å². The normalized spacial score (nSPS) is 21.5. The molecule has 2 aromatic rings. The van der Waals surface area contributed by atoms with Gasteiger partial charge in [-0.3, -0.25) is 14.6 Å². The molecule has 4 aliphatic heterocycles. The highest BCUT2D eigenvalue weighted by molar-refractivity contribution is 6.04. The third-order valence-electron chi connectivity index (χ3n) is 12.0. The molecule has 298 valence electrons. The molecule has 0 aromatic heterocycles.